The van der Waals surface area contributed by atoms with Gasteiger partial charge in [-0.3, -0.25) is 0 Å². The van der Waals surface area contributed by atoms with E-state index >= 15 is 0 Å². The summed E-state index contributed by atoms with van der Waals surface area (Å²) in [4.78, 5) is 0. The van der Waals surface area contributed by atoms with Gasteiger partial charge in [0.25, 0.3) is 0 Å². The predicted molar refractivity (Wildman–Crippen MR) is 100 cm³/mol. The summed E-state index contributed by atoms with van der Waals surface area (Å²) in [5.74, 6) is 0. The van der Waals surface area contributed by atoms with Crippen LogP contribution < -0.4 is 51.4 Å². The smallest absolute Gasteiger partial charge is 0.748 e. The van der Waals surface area contributed by atoms with Crippen LogP contribution in [-0.4, -0.2) is 29.4 Å². The van der Waals surface area contributed by atoms with Gasteiger partial charge in [0, 0.05) is 5.25 Å². The molecule has 0 aliphatic heterocycles. The summed E-state index contributed by atoms with van der Waals surface area (Å²) in [5.41, 5.74) is 0. The number of rotatable bonds is 17. The second-order valence-electron chi connectivity index (χ2n) is 7.11. The van der Waals surface area contributed by atoms with E-state index in [-0.39, 0.29) is 57.5 Å². The predicted octanol–water partition coefficient (Wildman–Crippen LogP) is 2.16. The minimum atomic E-state index is -4.12. The van der Waals surface area contributed by atoms with E-state index in [2.05, 4.69) is 6.92 Å². The first-order chi connectivity index (χ1) is 11.4. The Kier molecular flexibility index (Phi) is 21.7. The van der Waals surface area contributed by atoms with Crippen molar-refractivity contribution in [2.45, 2.75) is 122 Å². The molecule has 4 nitrogen and oxygen atoms in total. The van der Waals surface area contributed by atoms with Crippen LogP contribution in [0.3, 0.4) is 0 Å². The number of aliphatic hydroxyl groups is 1. The van der Waals surface area contributed by atoms with Crippen LogP contribution in [0.5, 0.6) is 0 Å². The summed E-state index contributed by atoms with van der Waals surface area (Å²) >= 11 is 0. The third-order valence-electron chi connectivity index (χ3n) is 4.72. The molecule has 0 aliphatic carbocycles. The summed E-state index contributed by atoms with van der Waals surface area (Å²) in [6.45, 7) is 4.07. The van der Waals surface area contributed by atoms with Crippen molar-refractivity contribution in [3.05, 3.63) is 0 Å². The van der Waals surface area contributed by atoms with Crippen molar-refractivity contribution in [3.63, 3.8) is 0 Å². The Morgan fingerprint density at radius 2 is 1.16 bits per heavy atom. The standard InChI is InChI=1S/C19H40O4S.K/c1-3-5-15-18(20)16-12-10-8-6-7-9-11-13-17-19(14-4-2)24(21,22)23;/h18-20H,3-17H2,1-2H3,(H,21,22,23);/q;+1/p-1. The zero-order valence-electron chi connectivity index (χ0n) is 16.8. The first-order valence-corrected chi connectivity index (χ1v) is 11.5. The molecule has 0 aliphatic rings. The Labute approximate surface area is 199 Å². The SMILES string of the molecule is CCCCC(O)CCCCCCCCCCC(CCC)S(=O)(=O)[O-].[K+]. The zero-order chi connectivity index (χ0) is 18.3. The fraction of sp³-hybridized carbons (Fsp3) is 1.00. The van der Waals surface area contributed by atoms with Crippen molar-refractivity contribution >= 4 is 10.1 Å². The molecule has 2 unspecified atom stereocenters. The van der Waals surface area contributed by atoms with E-state index < -0.39 is 15.4 Å². The number of unbranched alkanes of at least 4 members (excludes halogenated alkanes) is 8. The van der Waals surface area contributed by atoms with Crippen LogP contribution in [0.15, 0.2) is 0 Å². The van der Waals surface area contributed by atoms with Gasteiger partial charge in [-0.1, -0.05) is 84.5 Å². The Hall–Kier alpha value is 1.51. The molecule has 0 spiro atoms. The molecule has 0 amide bonds. The Balaban J connectivity index is 0. The second-order valence-corrected chi connectivity index (χ2v) is 8.76. The van der Waals surface area contributed by atoms with Gasteiger partial charge in [0.1, 0.15) is 0 Å². The first-order valence-electron chi connectivity index (χ1n) is 10.0. The molecule has 1 N–H and O–H groups in total. The third kappa shape index (κ3) is 18.6. The molecule has 25 heavy (non-hydrogen) atoms. The molecule has 0 rings (SSSR count). The van der Waals surface area contributed by atoms with Crippen molar-refractivity contribution in [1.29, 1.82) is 0 Å². The molecular formula is C19H39KO4S. The summed E-state index contributed by atoms with van der Waals surface area (Å²) in [6, 6.07) is 0. The maximum atomic E-state index is 11.1. The van der Waals surface area contributed by atoms with E-state index in [0.29, 0.717) is 12.8 Å². The van der Waals surface area contributed by atoms with Gasteiger partial charge in [0.2, 0.25) is 0 Å². The van der Waals surface area contributed by atoms with Crippen molar-refractivity contribution in [2.24, 2.45) is 0 Å². The van der Waals surface area contributed by atoms with Crippen molar-refractivity contribution in [2.75, 3.05) is 0 Å². The van der Waals surface area contributed by atoms with E-state index in [1.807, 2.05) is 6.92 Å². The van der Waals surface area contributed by atoms with Crippen LogP contribution in [0.1, 0.15) is 110 Å². The van der Waals surface area contributed by atoms with E-state index in [4.69, 9.17) is 0 Å². The Morgan fingerprint density at radius 3 is 1.60 bits per heavy atom. The van der Waals surface area contributed by atoms with E-state index in [1.165, 1.54) is 25.7 Å². The quantitative estimate of drug-likeness (QED) is 0.230. The van der Waals surface area contributed by atoms with Crippen molar-refractivity contribution in [3.8, 4) is 0 Å². The van der Waals surface area contributed by atoms with Crippen LogP contribution >= 0.6 is 0 Å². The van der Waals surface area contributed by atoms with Gasteiger partial charge in [-0.2, -0.15) is 0 Å². The van der Waals surface area contributed by atoms with E-state index in [9.17, 15) is 18.1 Å². The van der Waals surface area contributed by atoms with Gasteiger partial charge in [0.15, 0.2) is 0 Å². The molecule has 2 atom stereocenters. The maximum absolute atomic E-state index is 11.1. The van der Waals surface area contributed by atoms with Gasteiger partial charge in [-0.15, -0.1) is 0 Å². The normalized spacial score (nSPS) is 14.1. The second kappa shape index (κ2) is 18.9. The Morgan fingerprint density at radius 1 is 0.720 bits per heavy atom. The van der Waals surface area contributed by atoms with Crippen LogP contribution in [0.2, 0.25) is 0 Å². The van der Waals surface area contributed by atoms with Crippen molar-refractivity contribution in [1.82, 2.24) is 0 Å². The van der Waals surface area contributed by atoms with Gasteiger partial charge in [-0.05, 0) is 25.7 Å². The Bertz CT molecular complexity index is 374. The third-order valence-corrected chi connectivity index (χ3v) is 6.01. The molecule has 0 aromatic heterocycles. The van der Waals surface area contributed by atoms with Crippen LogP contribution in [0.4, 0.5) is 0 Å². The monoisotopic (exact) mass is 402 g/mol. The van der Waals surface area contributed by atoms with Gasteiger partial charge in [0.05, 0.1) is 16.2 Å². The van der Waals surface area contributed by atoms with E-state index in [1.54, 1.807) is 0 Å². The topological polar surface area (TPSA) is 77.4 Å². The summed E-state index contributed by atoms with van der Waals surface area (Å²) in [7, 11) is -4.12. The average molecular weight is 403 g/mol. The minimum Gasteiger partial charge on any atom is -0.748 e. The molecule has 0 aromatic carbocycles. The average Bonchev–Trinajstić information content (AvgIpc) is 2.52. The maximum Gasteiger partial charge on any atom is 1.00 e. The molecule has 0 bridgehead atoms. The fourth-order valence-corrected chi connectivity index (χ4v) is 4.13. The molecule has 0 saturated carbocycles. The number of hydrogen-bond acceptors (Lipinski definition) is 4. The van der Waals surface area contributed by atoms with Crippen LogP contribution in [-0.2, 0) is 10.1 Å². The number of hydrogen-bond donors (Lipinski definition) is 1. The molecule has 0 radical (unpaired) electrons. The molecule has 146 valence electrons. The van der Waals surface area contributed by atoms with E-state index in [0.717, 1.165) is 57.8 Å². The summed E-state index contributed by atoms with van der Waals surface area (Å²) in [5, 5.41) is 9.08. The molecule has 0 fully saturated rings. The first kappa shape index (κ1) is 28.7. The zero-order valence-corrected chi connectivity index (χ0v) is 20.8. The largest absolute Gasteiger partial charge is 1.00 e. The molecular weight excluding hydrogens is 363 g/mol. The van der Waals surface area contributed by atoms with Gasteiger partial charge >= 0.3 is 51.4 Å². The summed E-state index contributed by atoms with van der Waals surface area (Å²) < 4.78 is 33.4. The van der Waals surface area contributed by atoms with Gasteiger partial charge in [-0.25, -0.2) is 8.42 Å². The van der Waals surface area contributed by atoms with Crippen LogP contribution in [0.25, 0.3) is 0 Å². The molecule has 6 heteroatoms. The van der Waals surface area contributed by atoms with Crippen molar-refractivity contribution < 1.29 is 69.5 Å². The number of aliphatic hydroxyl groups excluding tert-OH is 1. The molecule has 0 saturated heterocycles. The minimum absolute atomic E-state index is 0. The fourth-order valence-electron chi connectivity index (χ4n) is 3.15. The van der Waals surface area contributed by atoms with Gasteiger partial charge < -0.3 is 9.66 Å². The molecule has 0 aromatic rings. The van der Waals surface area contributed by atoms with Crippen LogP contribution in [0, 0.1) is 0 Å². The summed E-state index contributed by atoms with van der Waals surface area (Å²) in [6.07, 6.45) is 14.7. The molecule has 0 heterocycles.